The van der Waals surface area contributed by atoms with Crippen LogP contribution in [0.4, 0.5) is 11.5 Å². The number of aliphatic hydroxyl groups is 1. The molecule has 1 aromatic heterocycles. The molecule has 0 spiro atoms. The second kappa shape index (κ2) is 4.72. The molecule has 3 atom stereocenters. The van der Waals surface area contributed by atoms with Crippen molar-refractivity contribution >= 4 is 27.4 Å². The van der Waals surface area contributed by atoms with Gasteiger partial charge in [0.05, 0.1) is 11.0 Å². The van der Waals surface area contributed by atoms with Gasteiger partial charge in [0.2, 0.25) is 5.82 Å². The van der Waals surface area contributed by atoms with Gasteiger partial charge >= 0.3 is 5.69 Å². The smallest absolute Gasteiger partial charge is 0.312 e. The molecule has 1 aliphatic carbocycles. The molecule has 1 N–H and O–H groups in total. The van der Waals surface area contributed by atoms with Crippen molar-refractivity contribution in [2.45, 2.75) is 18.9 Å². The number of fused-ring (bicyclic) bond motifs is 1. The number of nitro groups is 1. The van der Waals surface area contributed by atoms with E-state index < -0.39 is 4.92 Å². The standard InChI is InChI=1S/C12H14BrN3O3/c13-8-3-10(16(18)19)12(14-4-8)15-5-7-1-2-11(17)9(7)6-15/h3-4,7,9,11,17H,1-2,5-6H2. The Balaban J connectivity index is 1.90. The number of aliphatic hydroxyl groups excluding tert-OH is 1. The van der Waals surface area contributed by atoms with Crippen LogP contribution in [-0.4, -0.2) is 34.2 Å². The fraction of sp³-hybridized carbons (Fsp3) is 0.583. The summed E-state index contributed by atoms with van der Waals surface area (Å²) in [7, 11) is 0. The van der Waals surface area contributed by atoms with Crippen LogP contribution in [0.2, 0.25) is 0 Å². The van der Waals surface area contributed by atoms with E-state index in [9.17, 15) is 15.2 Å². The maximum absolute atomic E-state index is 11.1. The van der Waals surface area contributed by atoms with Crippen molar-refractivity contribution in [1.29, 1.82) is 0 Å². The Hall–Kier alpha value is -1.21. The lowest BCUT2D eigenvalue weighted by Crippen LogP contribution is -2.25. The number of aromatic nitrogens is 1. The average Bonchev–Trinajstić information content (AvgIpc) is 2.92. The van der Waals surface area contributed by atoms with Gasteiger partial charge in [-0.3, -0.25) is 10.1 Å². The summed E-state index contributed by atoms with van der Waals surface area (Å²) in [5.41, 5.74) is 0.0174. The molecule has 1 aromatic rings. The molecule has 102 valence electrons. The minimum atomic E-state index is -0.405. The lowest BCUT2D eigenvalue weighted by molar-refractivity contribution is -0.384. The highest BCUT2D eigenvalue weighted by Crippen LogP contribution is 2.41. The van der Waals surface area contributed by atoms with Crippen LogP contribution in [0.15, 0.2) is 16.7 Å². The van der Waals surface area contributed by atoms with Crippen molar-refractivity contribution < 1.29 is 10.0 Å². The minimum absolute atomic E-state index is 0.0174. The zero-order valence-corrected chi connectivity index (χ0v) is 11.8. The van der Waals surface area contributed by atoms with Gasteiger partial charge in [0.25, 0.3) is 0 Å². The molecular weight excluding hydrogens is 314 g/mol. The number of rotatable bonds is 2. The molecule has 6 nitrogen and oxygen atoms in total. The van der Waals surface area contributed by atoms with E-state index in [1.165, 1.54) is 6.07 Å². The summed E-state index contributed by atoms with van der Waals surface area (Å²) in [5, 5.41) is 21.0. The van der Waals surface area contributed by atoms with Crippen LogP contribution in [-0.2, 0) is 0 Å². The lowest BCUT2D eigenvalue weighted by atomic mass is 10.00. The zero-order chi connectivity index (χ0) is 13.6. The normalized spacial score (nSPS) is 29.6. The summed E-state index contributed by atoms with van der Waals surface area (Å²) >= 11 is 3.21. The second-order valence-electron chi connectivity index (χ2n) is 5.23. The van der Waals surface area contributed by atoms with Gasteiger partial charge in [-0.25, -0.2) is 4.98 Å². The number of pyridine rings is 1. The monoisotopic (exact) mass is 327 g/mol. The molecular formula is C12H14BrN3O3. The number of anilines is 1. The highest BCUT2D eigenvalue weighted by molar-refractivity contribution is 9.10. The number of halogens is 1. The number of nitrogens with zero attached hydrogens (tertiary/aromatic N) is 3. The van der Waals surface area contributed by atoms with Crippen LogP contribution >= 0.6 is 15.9 Å². The summed E-state index contributed by atoms with van der Waals surface area (Å²) < 4.78 is 0.599. The van der Waals surface area contributed by atoms with Crippen LogP contribution in [0.25, 0.3) is 0 Å². The Morgan fingerprint density at radius 3 is 2.95 bits per heavy atom. The van der Waals surface area contributed by atoms with Crippen LogP contribution in [0.5, 0.6) is 0 Å². The summed E-state index contributed by atoms with van der Waals surface area (Å²) in [6.07, 6.45) is 3.14. The van der Waals surface area contributed by atoms with Crippen molar-refractivity contribution in [3.8, 4) is 0 Å². The lowest BCUT2D eigenvalue weighted by Gasteiger charge is -2.19. The van der Waals surface area contributed by atoms with Crippen molar-refractivity contribution in [1.82, 2.24) is 4.98 Å². The summed E-state index contributed by atoms with van der Waals surface area (Å²) in [4.78, 5) is 16.8. The van der Waals surface area contributed by atoms with E-state index >= 15 is 0 Å². The average molecular weight is 328 g/mol. The van der Waals surface area contributed by atoms with Crippen LogP contribution in [0, 0.1) is 22.0 Å². The quantitative estimate of drug-likeness (QED) is 0.663. The van der Waals surface area contributed by atoms with Crippen LogP contribution in [0.1, 0.15) is 12.8 Å². The zero-order valence-electron chi connectivity index (χ0n) is 10.2. The Bertz CT molecular complexity index is 525. The third-order valence-corrected chi connectivity index (χ3v) is 4.56. The molecule has 3 rings (SSSR count). The van der Waals surface area contributed by atoms with Crippen molar-refractivity contribution in [3.05, 3.63) is 26.9 Å². The van der Waals surface area contributed by atoms with Gasteiger partial charge in [-0.05, 0) is 34.7 Å². The molecule has 2 heterocycles. The van der Waals surface area contributed by atoms with Crippen molar-refractivity contribution in [3.63, 3.8) is 0 Å². The Morgan fingerprint density at radius 1 is 1.47 bits per heavy atom. The Morgan fingerprint density at radius 2 is 2.26 bits per heavy atom. The molecule has 7 heteroatoms. The topological polar surface area (TPSA) is 79.5 Å². The molecule has 2 aliphatic rings. The molecule has 1 saturated heterocycles. The SMILES string of the molecule is O=[N+]([O-])c1cc(Br)cnc1N1CC2CCC(O)C2C1. The molecule has 0 radical (unpaired) electrons. The number of hydrogen-bond donors (Lipinski definition) is 1. The van der Waals surface area contributed by atoms with Gasteiger partial charge < -0.3 is 10.0 Å². The predicted octanol–water partition coefficient (Wildman–Crippen LogP) is 1.96. The highest BCUT2D eigenvalue weighted by Gasteiger charge is 2.43. The van der Waals surface area contributed by atoms with E-state index in [0.717, 1.165) is 19.4 Å². The van der Waals surface area contributed by atoms with E-state index in [1.54, 1.807) is 6.20 Å². The molecule has 0 amide bonds. The van der Waals surface area contributed by atoms with E-state index in [0.29, 0.717) is 22.8 Å². The third-order valence-electron chi connectivity index (χ3n) is 4.13. The summed E-state index contributed by atoms with van der Waals surface area (Å²) in [5.74, 6) is 1.07. The predicted molar refractivity (Wildman–Crippen MR) is 73.0 cm³/mol. The van der Waals surface area contributed by atoms with Crippen molar-refractivity contribution in [2.75, 3.05) is 18.0 Å². The first kappa shape index (κ1) is 12.8. The van der Waals surface area contributed by atoms with Gasteiger partial charge in [0.15, 0.2) is 0 Å². The van der Waals surface area contributed by atoms with Gasteiger partial charge in [-0.2, -0.15) is 0 Å². The first-order valence-corrected chi connectivity index (χ1v) is 7.08. The Kier molecular flexibility index (Phi) is 3.18. The molecule has 0 bridgehead atoms. The van der Waals surface area contributed by atoms with E-state index in [2.05, 4.69) is 20.9 Å². The van der Waals surface area contributed by atoms with E-state index in [1.807, 2.05) is 4.90 Å². The maximum atomic E-state index is 11.1. The molecule has 2 fully saturated rings. The highest BCUT2D eigenvalue weighted by atomic mass is 79.9. The summed E-state index contributed by atoms with van der Waals surface area (Å²) in [6, 6.07) is 1.48. The fourth-order valence-electron chi connectivity index (χ4n) is 3.21. The molecule has 1 saturated carbocycles. The second-order valence-corrected chi connectivity index (χ2v) is 6.14. The maximum Gasteiger partial charge on any atom is 0.312 e. The van der Waals surface area contributed by atoms with E-state index in [4.69, 9.17) is 0 Å². The van der Waals surface area contributed by atoms with Gasteiger partial charge in [0.1, 0.15) is 0 Å². The van der Waals surface area contributed by atoms with Gasteiger partial charge in [-0.15, -0.1) is 0 Å². The minimum Gasteiger partial charge on any atom is -0.393 e. The molecule has 0 aromatic carbocycles. The molecule has 1 aliphatic heterocycles. The number of hydrogen-bond acceptors (Lipinski definition) is 5. The Labute approximate surface area is 118 Å². The van der Waals surface area contributed by atoms with Crippen LogP contribution in [0.3, 0.4) is 0 Å². The fourth-order valence-corrected chi connectivity index (χ4v) is 3.53. The van der Waals surface area contributed by atoms with Gasteiger partial charge in [0, 0.05) is 35.7 Å². The first-order valence-electron chi connectivity index (χ1n) is 6.29. The van der Waals surface area contributed by atoms with Crippen LogP contribution < -0.4 is 4.90 Å². The first-order chi connectivity index (χ1) is 9.06. The van der Waals surface area contributed by atoms with E-state index in [-0.39, 0.29) is 17.7 Å². The largest absolute Gasteiger partial charge is 0.393 e. The molecule has 3 unspecified atom stereocenters. The third kappa shape index (κ3) is 2.21. The summed E-state index contributed by atoms with van der Waals surface area (Å²) in [6.45, 7) is 1.40. The molecule has 19 heavy (non-hydrogen) atoms. The van der Waals surface area contributed by atoms with Crippen molar-refractivity contribution in [2.24, 2.45) is 11.8 Å². The van der Waals surface area contributed by atoms with Gasteiger partial charge in [-0.1, -0.05) is 0 Å².